The molecule has 0 saturated carbocycles. The molecule has 1 unspecified atom stereocenters. The van der Waals surface area contributed by atoms with E-state index in [1.807, 2.05) is 44.2 Å². The number of benzene rings is 1. The van der Waals surface area contributed by atoms with E-state index in [0.717, 1.165) is 16.8 Å². The number of allylic oxidation sites excluding steroid dienone is 2. The summed E-state index contributed by atoms with van der Waals surface area (Å²) in [6.07, 6.45) is 0. The Morgan fingerprint density at radius 3 is 2.17 bits per heavy atom. The van der Waals surface area contributed by atoms with Gasteiger partial charge in [0.1, 0.15) is 5.70 Å². The fraction of sp³-hybridized carbons (Fsp3) is 0.368. The van der Waals surface area contributed by atoms with E-state index in [0.29, 0.717) is 5.57 Å². The van der Waals surface area contributed by atoms with Crippen molar-refractivity contribution in [3.05, 3.63) is 58.4 Å². The van der Waals surface area contributed by atoms with Crippen LogP contribution in [0.1, 0.15) is 39.2 Å². The molecule has 1 aliphatic heterocycles. The lowest BCUT2D eigenvalue weighted by Crippen LogP contribution is -2.33. The van der Waals surface area contributed by atoms with E-state index in [4.69, 9.17) is 9.47 Å². The minimum Gasteiger partial charge on any atom is -0.463 e. The maximum atomic E-state index is 12.6. The fourth-order valence-corrected chi connectivity index (χ4v) is 2.79. The van der Waals surface area contributed by atoms with Crippen LogP contribution in [0.2, 0.25) is 0 Å². The maximum absolute atomic E-state index is 12.6. The van der Waals surface area contributed by atoms with Gasteiger partial charge in [0, 0.05) is 11.6 Å². The van der Waals surface area contributed by atoms with Crippen LogP contribution in [0.3, 0.4) is 0 Å². The summed E-state index contributed by atoms with van der Waals surface area (Å²) in [5.74, 6) is -1.40. The van der Waals surface area contributed by atoms with Gasteiger partial charge >= 0.3 is 11.9 Å². The highest BCUT2D eigenvalue weighted by Gasteiger charge is 2.36. The van der Waals surface area contributed by atoms with Crippen molar-refractivity contribution in [3.63, 3.8) is 0 Å². The molecule has 1 atom stereocenters. The Balaban J connectivity index is 2.62. The number of hydrogen-bond donors (Lipinski definition) is 1. The number of nitrogens with one attached hydrogen (secondary N) is 1. The van der Waals surface area contributed by atoms with Crippen molar-refractivity contribution in [2.24, 2.45) is 0 Å². The van der Waals surface area contributed by atoms with Gasteiger partial charge in [0.15, 0.2) is 0 Å². The first-order valence-electron chi connectivity index (χ1n) is 8.08. The van der Waals surface area contributed by atoms with Crippen LogP contribution in [0.5, 0.6) is 0 Å². The molecule has 0 aliphatic carbocycles. The number of rotatable bonds is 5. The molecule has 0 aromatic heterocycles. The van der Waals surface area contributed by atoms with Gasteiger partial charge in [-0.2, -0.15) is 0 Å². The van der Waals surface area contributed by atoms with Crippen molar-refractivity contribution in [1.82, 2.24) is 5.32 Å². The van der Waals surface area contributed by atoms with Gasteiger partial charge in [-0.15, -0.1) is 0 Å². The molecule has 1 aromatic carbocycles. The summed E-state index contributed by atoms with van der Waals surface area (Å²) in [5, 5.41) is 3.02. The standard InChI is InChI=1S/C19H23NO4/c1-5-23-18(21)16-15(14-10-8-7-9-11-14)12(3)13(4)20-17(16)19(22)24-6-2/h7-11,15,20H,5-6H2,1-4H3. The number of carbonyl (C=O) groups is 2. The lowest BCUT2D eigenvalue weighted by atomic mass is 9.81. The van der Waals surface area contributed by atoms with Crippen LogP contribution in [0.25, 0.3) is 0 Å². The summed E-state index contributed by atoms with van der Waals surface area (Å²) in [5.41, 5.74) is 3.19. The molecule has 0 bridgehead atoms. The number of ether oxygens (including phenoxy) is 2. The maximum Gasteiger partial charge on any atom is 0.355 e. The average molecular weight is 329 g/mol. The fourth-order valence-electron chi connectivity index (χ4n) is 2.79. The molecule has 0 fully saturated rings. The Hall–Kier alpha value is -2.56. The largest absolute Gasteiger partial charge is 0.463 e. The summed E-state index contributed by atoms with van der Waals surface area (Å²) in [6, 6.07) is 9.61. The van der Waals surface area contributed by atoms with E-state index >= 15 is 0 Å². The Kier molecular flexibility index (Phi) is 5.79. The summed E-state index contributed by atoms with van der Waals surface area (Å²) < 4.78 is 10.3. The number of hydrogen-bond acceptors (Lipinski definition) is 5. The van der Waals surface area contributed by atoms with Crippen LogP contribution in [0.15, 0.2) is 52.9 Å². The van der Waals surface area contributed by atoms with Gasteiger partial charge in [-0.3, -0.25) is 0 Å². The van der Waals surface area contributed by atoms with Crippen LogP contribution in [-0.4, -0.2) is 25.2 Å². The van der Waals surface area contributed by atoms with E-state index in [-0.39, 0.29) is 24.8 Å². The number of esters is 2. The van der Waals surface area contributed by atoms with Gasteiger partial charge in [0.25, 0.3) is 0 Å². The minimum atomic E-state index is -0.548. The molecule has 5 nitrogen and oxygen atoms in total. The highest BCUT2D eigenvalue weighted by Crippen LogP contribution is 2.38. The van der Waals surface area contributed by atoms with E-state index < -0.39 is 11.9 Å². The van der Waals surface area contributed by atoms with Crippen molar-refractivity contribution in [3.8, 4) is 0 Å². The first kappa shape index (κ1) is 17.8. The lowest BCUT2D eigenvalue weighted by molar-refractivity contribution is -0.142. The second-order valence-corrected chi connectivity index (χ2v) is 5.51. The summed E-state index contributed by atoms with van der Waals surface area (Å²) in [7, 11) is 0. The first-order chi connectivity index (χ1) is 11.5. The Morgan fingerprint density at radius 2 is 1.58 bits per heavy atom. The van der Waals surface area contributed by atoms with Crippen molar-refractivity contribution in [2.75, 3.05) is 13.2 Å². The normalized spacial score (nSPS) is 17.4. The molecule has 0 amide bonds. The highest BCUT2D eigenvalue weighted by molar-refractivity contribution is 6.02. The molecule has 1 aromatic rings. The smallest absolute Gasteiger partial charge is 0.355 e. The van der Waals surface area contributed by atoms with Crippen molar-refractivity contribution in [1.29, 1.82) is 0 Å². The molecule has 2 rings (SSSR count). The molecule has 5 heteroatoms. The zero-order valence-electron chi connectivity index (χ0n) is 14.5. The number of carbonyl (C=O) groups excluding carboxylic acids is 2. The van der Waals surface area contributed by atoms with E-state index in [9.17, 15) is 9.59 Å². The Bertz CT molecular complexity index is 689. The minimum absolute atomic E-state index is 0.159. The molecule has 1 heterocycles. The second kappa shape index (κ2) is 7.81. The molecule has 0 radical (unpaired) electrons. The summed E-state index contributed by atoms with van der Waals surface area (Å²) in [6.45, 7) is 7.77. The lowest BCUT2D eigenvalue weighted by Gasteiger charge is -2.30. The van der Waals surface area contributed by atoms with Gasteiger partial charge in [-0.25, -0.2) is 9.59 Å². The molecule has 0 spiro atoms. The predicted octanol–water partition coefficient (Wildman–Crippen LogP) is 3.05. The monoisotopic (exact) mass is 329 g/mol. The summed E-state index contributed by atoms with van der Waals surface area (Å²) >= 11 is 0. The second-order valence-electron chi connectivity index (χ2n) is 5.51. The van der Waals surface area contributed by atoms with E-state index in [1.165, 1.54) is 0 Å². The molecule has 0 saturated heterocycles. The van der Waals surface area contributed by atoms with E-state index in [2.05, 4.69) is 5.32 Å². The molecule has 128 valence electrons. The average Bonchev–Trinajstić information content (AvgIpc) is 2.57. The molecular weight excluding hydrogens is 306 g/mol. The third-order valence-corrected chi connectivity index (χ3v) is 4.00. The van der Waals surface area contributed by atoms with Crippen LogP contribution >= 0.6 is 0 Å². The molecule has 1 aliphatic rings. The molecular formula is C19H23NO4. The van der Waals surface area contributed by atoms with Crippen molar-refractivity contribution in [2.45, 2.75) is 33.6 Å². The Labute approximate surface area is 142 Å². The predicted molar refractivity (Wildman–Crippen MR) is 91.0 cm³/mol. The quantitative estimate of drug-likeness (QED) is 0.841. The third-order valence-electron chi connectivity index (χ3n) is 4.00. The zero-order valence-corrected chi connectivity index (χ0v) is 14.5. The first-order valence-corrected chi connectivity index (χ1v) is 8.08. The SMILES string of the molecule is CCOC(=O)C1=C(C(=O)OCC)C(c2ccccc2)C(C)=C(C)N1. The third kappa shape index (κ3) is 3.50. The van der Waals surface area contributed by atoms with Gasteiger partial charge < -0.3 is 14.8 Å². The number of dihydropyridines is 1. The Morgan fingerprint density at radius 1 is 1.00 bits per heavy atom. The van der Waals surface area contributed by atoms with Crippen LogP contribution < -0.4 is 5.32 Å². The van der Waals surface area contributed by atoms with Crippen molar-refractivity contribution < 1.29 is 19.1 Å². The van der Waals surface area contributed by atoms with Gasteiger partial charge in [0.05, 0.1) is 18.8 Å². The van der Waals surface area contributed by atoms with Gasteiger partial charge in [-0.1, -0.05) is 30.3 Å². The summed E-state index contributed by atoms with van der Waals surface area (Å²) in [4.78, 5) is 25.0. The van der Waals surface area contributed by atoms with Gasteiger partial charge in [0.2, 0.25) is 0 Å². The van der Waals surface area contributed by atoms with Crippen LogP contribution in [0.4, 0.5) is 0 Å². The van der Waals surface area contributed by atoms with Gasteiger partial charge in [-0.05, 0) is 38.8 Å². The zero-order chi connectivity index (χ0) is 17.7. The van der Waals surface area contributed by atoms with Crippen molar-refractivity contribution >= 4 is 11.9 Å². The molecule has 24 heavy (non-hydrogen) atoms. The topological polar surface area (TPSA) is 64.6 Å². The molecule has 1 N–H and O–H groups in total. The van der Waals surface area contributed by atoms with Crippen LogP contribution in [0, 0.1) is 0 Å². The van der Waals surface area contributed by atoms with E-state index in [1.54, 1.807) is 13.8 Å². The highest BCUT2D eigenvalue weighted by atomic mass is 16.5. The van der Waals surface area contributed by atoms with Crippen LogP contribution in [-0.2, 0) is 19.1 Å².